The second kappa shape index (κ2) is 12.5. The van der Waals surface area contributed by atoms with Crippen LogP contribution in [0.5, 0.6) is 0 Å². The van der Waals surface area contributed by atoms with E-state index in [9.17, 15) is 4.79 Å². The fraction of sp³-hybridized carbons (Fsp3) is 0.947. The van der Waals surface area contributed by atoms with Gasteiger partial charge in [0.15, 0.2) is 5.79 Å². The Labute approximate surface area is 147 Å². The number of carbonyl (C=O) groups excluding carboxylic acids is 1. The summed E-state index contributed by atoms with van der Waals surface area (Å²) in [5.74, 6) is -0.461. The minimum atomic E-state index is -0.461. The molecular formula is C19H37NO4. The third kappa shape index (κ3) is 8.34. The van der Waals surface area contributed by atoms with Crippen LogP contribution in [0.25, 0.3) is 0 Å². The van der Waals surface area contributed by atoms with Crippen LogP contribution in [0.1, 0.15) is 85.0 Å². The van der Waals surface area contributed by atoms with Gasteiger partial charge in [-0.1, -0.05) is 52.9 Å². The molecule has 0 saturated carbocycles. The molecule has 1 aliphatic heterocycles. The van der Waals surface area contributed by atoms with Crippen molar-refractivity contribution in [2.45, 2.75) is 96.9 Å². The van der Waals surface area contributed by atoms with Crippen molar-refractivity contribution in [3.8, 4) is 0 Å². The first-order valence-corrected chi connectivity index (χ1v) is 9.88. The van der Waals surface area contributed by atoms with Crippen LogP contribution in [-0.2, 0) is 14.2 Å². The van der Waals surface area contributed by atoms with E-state index in [0.717, 1.165) is 38.5 Å². The number of unbranched alkanes of at least 4 members (excludes halogenated alkanes) is 5. The van der Waals surface area contributed by atoms with Gasteiger partial charge in [0.25, 0.3) is 0 Å². The molecule has 0 aromatic heterocycles. The van der Waals surface area contributed by atoms with Gasteiger partial charge < -0.3 is 19.5 Å². The van der Waals surface area contributed by atoms with Crippen molar-refractivity contribution in [3.63, 3.8) is 0 Å². The Morgan fingerprint density at radius 2 is 1.67 bits per heavy atom. The highest BCUT2D eigenvalue weighted by Gasteiger charge is 2.40. The van der Waals surface area contributed by atoms with Crippen molar-refractivity contribution < 1.29 is 19.0 Å². The van der Waals surface area contributed by atoms with E-state index in [1.165, 1.54) is 25.7 Å². The lowest BCUT2D eigenvalue weighted by atomic mass is 10.0. The average molecular weight is 344 g/mol. The first-order valence-electron chi connectivity index (χ1n) is 9.88. The zero-order valence-corrected chi connectivity index (χ0v) is 15.9. The fourth-order valence-corrected chi connectivity index (χ4v) is 2.96. The minimum Gasteiger partial charge on any atom is -0.447 e. The van der Waals surface area contributed by atoms with Gasteiger partial charge in [0, 0.05) is 19.4 Å². The second-order valence-corrected chi connectivity index (χ2v) is 6.75. The monoisotopic (exact) mass is 343 g/mol. The molecule has 1 fully saturated rings. The van der Waals surface area contributed by atoms with Crippen molar-refractivity contribution in [2.75, 3.05) is 19.8 Å². The maximum absolute atomic E-state index is 11.6. The van der Waals surface area contributed by atoms with Crippen molar-refractivity contribution in [2.24, 2.45) is 0 Å². The van der Waals surface area contributed by atoms with E-state index < -0.39 is 5.79 Å². The molecule has 0 radical (unpaired) electrons. The van der Waals surface area contributed by atoms with E-state index in [1.54, 1.807) is 0 Å². The van der Waals surface area contributed by atoms with Gasteiger partial charge in [-0.15, -0.1) is 0 Å². The first-order chi connectivity index (χ1) is 11.7. The van der Waals surface area contributed by atoms with E-state index in [1.807, 2.05) is 0 Å². The summed E-state index contributed by atoms with van der Waals surface area (Å²) in [7, 11) is 0. The van der Waals surface area contributed by atoms with Crippen LogP contribution in [0, 0.1) is 0 Å². The van der Waals surface area contributed by atoms with E-state index in [0.29, 0.717) is 13.2 Å². The maximum Gasteiger partial charge on any atom is 0.407 e. The summed E-state index contributed by atoms with van der Waals surface area (Å²) >= 11 is 0. The topological polar surface area (TPSA) is 56.8 Å². The molecule has 0 aromatic carbocycles. The summed E-state index contributed by atoms with van der Waals surface area (Å²) in [6.45, 7) is 7.94. The Bertz CT molecular complexity index is 325. The lowest BCUT2D eigenvalue weighted by Crippen LogP contribution is -2.33. The Morgan fingerprint density at radius 1 is 1.04 bits per heavy atom. The average Bonchev–Trinajstić information content (AvgIpc) is 2.97. The number of alkyl carbamates (subject to hydrolysis) is 1. The lowest BCUT2D eigenvalue weighted by Gasteiger charge is -2.28. The molecule has 142 valence electrons. The third-order valence-corrected chi connectivity index (χ3v) is 4.44. The van der Waals surface area contributed by atoms with Crippen LogP contribution in [0.4, 0.5) is 4.79 Å². The Balaban J connectivity index is 2.36. The molecule has 0 aliphatic carbocycles. The van der Waals surface area contributed by atoms with Crippen molar-refractivity contribution in [1.82, 2.24) is 5.32 Å². The van der Waals surface area contributed by atoms with Crippen molar-refractivity contribution in [1.29, 1.82) is 0 Å². The zero-order valence-electron chi connectivity index (χ0n) is 15.9. The lowest BCUT2D eigenvalue weighted by molar-refractivity contribution is -0.182. The van der Waals surface area contributed by atoms with Crippen LogP contribution in [0.3, 0.4) is 0 Å². The van der Waals surface area contributed by atoms with Gasteiger partial charge in [-0.25, -0.2) is 4.79 Å². The number of hydrogen-bond donors (Lipinski definition) is 1. The smallest absolute Gasteiger partial charge is 0.407 e. The number of hydrogen-bond acceptors (Lipinski definition) is 4. The van der Waals surface area contributed by atoms with E-state index in [2.05, 4.69) is 26.1 Å². The standard InChI is InChI=1S/C19H37NO4/c1-4-7-10-12-19(13-11-8-5-2)23-16-17(24-19)15-22-18(21)20-14-9-6-3/h17H,4-16H2,1-3H3,(H,20,21). The van der Waals surface area contributed by atoms with Crippen LogP contribution < -0.4 is 5.32 Å². The highest BCUT2D eigenvalue weighted by Crippen LogP contribution is 2.34. The quantitative estimate of drug-likeness (QED) is 0.489. The third-order valence-electron chi connectivity index (χ3n) is 4.44. The molecule has 1 aliphatic rings. The number of nitrogens with one attached hydrogen (secondary N) is 1. The number of amides is 1. The maximum atomic E-state index is 11.6. The van der Waals surface area contributed by atoms with E-state index >= 15 is 0 Å². The van der Waals surface area contributed by atoms with Gasteiger partial charge in [-0.05, 0) is 19.3 Å². The number of ether oxygens (including phenoxy) is 3. The van der Waals surface area contributed by atoms with E-state index in [4.69, 9.17) is 14.2 Å². The molecule has 1 unspecified atom stereocenters. The van der Waals surface area contributed by atoms with Gasteiger partial charge >= 0.3 is 6.09 Å². The SMILES string of the molecule is CCCCCC1(CCCCC)OCC(COC(=O)NCCCC)O1. The molecule has 1 amide bonds. The number of carbonyl (C=O) groups is 1. The second-order valence-electron chi connectivity index (χ2n) is 6.75. The molecular weight excluding hydrogens is 306 g/mol. The van der Waals surface area contributed by atoms with Crippen LogP contribution in [0.15, 0.2) is 0 Å². The van der Waals surface area contributed by atoms with Crippen LogP contribution in [0.2, 0.25) is 0 Å². The molecule has 1 saturated heterocycles. The highest BCUT2D eigenvalue weighted by molar-refractivity contribution is 5.67. The minimum absolute atomic E-state index is 0.148. The van der Waals surface area contributed by atoms with E-state index in [-0.39, 0.29) is 18.8 Å². The molecule has 24 heavy (non-hydrogen) atoms. The predicted molar refractivity (Wildman–Crippen MR) is 96.1 cm³/mol. The molecule has 0 aromatic rings. The molecule has 1 rings (SSSR count). The van der Waals surface area contributed by atoms with Gasteiger partial charge in [0.05, 0.1) is 6.61 Å². The molecule has 0 bridgehead atoms. The predicted octanol–water partition coefficient (Wildman–Crippen LogP) is 4.79. The molecule has 1 heterocycles. The Kier molecular flexibility index (Phi) is 11.1. The van der Waals surface area contributed by atoms with Crippen LogP contribution in [-0.4, -0.2) is 37.7 Å². The summed E-state index contributed by atoms with van der Waals surface area (Å²) < 4.78 is 17.5. The van der Waals surface area contributed by atoms with Gasteiger partial charge in [-0.2, -0.15) is 0 Å². The van der Waals surface area contributed by atoms with Gasteiger partial charge in [-0.3, -0.25) is 0 Å². The number of rotatable bonds is 13. The summed E-state index contributed by atoms with van der Waals surface area (Å²) in [6.07, 6.45) is 10.4. The van der Waals surface area contributed by atoms with Crippen molar-refractivity contribution in [3.05, 3.63) is 0 Å². The summed E-state index contributed by atoms with van der Waals surface area (Å²) in [5, 5.41) is 2.75. The molecule has 5 heteroatoms. The Morgan fingerprint density at radius 3 is 2.25 bits per heavy atom. The summed E-state index contributed by atoms with van der Waals surface area (Å²) in [6, 6.07) is 0. The van der Waals surface area contributed by atoms with Crippen LogP contribution >= 0.6 is 0 Å². The highest BCUT2D eigenvalue weighted by atomic mass is 16.8. The zero-order chi connectivity index (χ0) is 17.7. The molecule has 1 atom stereocenters. The molecule has 1 N–H and O–H groups in total. The normalized spacial score (nSPS) is 19.4. The summed E-state index contributed by atoms with van der Waals surface area (Å²) in [5.41, 5.74) is 0. The summed E-state index contributed by atoms with van der Waals surface area (Å²) in [4.78, 5) is 11.6. The molecule has 0 spiro atoms. The van der Waals surface area contributed by atoms with Crippen molar-refractivity contribution >= 4 is 6.09 Å². The van der Waals surface area contributed by atoms with Gasteiger partial charge in [0.1, 0.15) is 12.7 Å². The fourth-order valence-electron chi connectivity index (χ4n) is 2.96. The molecule has 5 nitrogen and oxygen atoms in total. The first kappa shape index (κ1) is 21.2. The Hall–Kier alpha value is -0.810. The largest absolute Gasteiger partial charge is 0.447 e. The van der Waals surface area contributed by atoms with Gasteiger partial charge in [0.2, 0.25) is 0 Å².